The van der Waals surface area contributed by atoms with Crippen LogP contribution >= 0.6 is 23.2 Å². The first kappa shape index (κ1) is 15.3. The Balaban J connectivity index is 2.42. The van der Waals surface area contributed by atoms with E-state index in [0.29, 0.717) is 23.0 Å². The third-order valence-corrected chi connectivity index (χ3v) is 3.25. The molecule has 1 atom stereocenters. The second-order valence-corrected chi connectivity index (χ2v) is 5.00. The molecule has 5 heteroatoms. The van der Waals surface area contributed by atoms with E-state index in [9.17, 15) is 4.79 Å². The summed E-state index contributed by atoms with van der Waals surface area (Å²) in [6, 6.07) is 5.50. The largest absolute Gasteiger partial charge is 0.354 e. The quantitative estimate of drug-likeness (QED) is 0.845. The molecule has 0 aliphatic heterocycles. The molecule has 2 N–H and O–H groups in total. The Morgan fingerprint density at radius 1 is 1.33 bits per heavy atom. The number of likely N-dealkylation sites (N-methyl/N-ethyl adjacent to an activating group) is 1. The number of hydrogen-bond acceptors (Lipinski definition) is 2. The SMILES string of the molecule is CCN[C@H](C)CNC(=O)Cc1ccc(Cl)c(Cl)c1. The first-order valence-corrected chi connectivity index (χ1v) is 6.72. The Morgan fingerprint density at radius 2 is 2.06 bits per heavy atom. The first-order chi connectivity index (χ1) is 8.52. The van der Waals surface area contributed by atoms with Crippen molar-refractivity contribution in [3.63, 3.8) is 0 Å². The molecule has 0 aromatic heterocycles. The molecule has 0 saturated heterocycles. The summed E-state index contributed by atoms with van der Waals surface area (Å²) in [6.07, 6.45) is 0.315. The second-order valence-electron chi connectivity index (χ2n) is 4.19. The lowest BCUT2D eigenvalue weighted by Gasteiger charge is -2.13. The van der Waals surface area contributed by atoms with E-state index in [2.05, 4.69) is 10.6 Å². The van der Waals surface area contributed by atoms with Crippen molar-refractivity contribution < 1.29 is 4.79 Å². The number of nitrogens with one attached hydrogen (secondary N) is 2. The number of hydrogen-bond donors (Lipinski definition) is 2. The van der Waals surface area contributed by atoms with Crippen LogP contribution in [0.4, 0.5) is 0 Å². The van der Waals surface area contributed by atoms with Gasteiger partial charge in [0.1, 0.15) is 0 Å². The van der Waals surface area contributed by atoms with E-state index in [1.54, 1.807) is 12.1 Å². The Morgan fingerprint density at radius 3 is 2.67 bits per heavy atom. The van der Waals surface area contributed by atoms with E-state index < -0.39 is 0 Å². The van der Waals surface area contributed by atoms with Gasteiger partial charge < -0.3 is 10.6 Å². The predicted octanol–water partition coefficient (Wildman–Crippen LogP) is 2.65. The molecule has 0 fully saturated rings. The van der Waals surface area contributed by atoms with Crippen LogP contribution in [0.1, 0.15) is 19.4 Å². The third kappa shape index (κ3) is 5.25. The molecule has 1 rings (SSSR count). The van der Waals surface area contributed by atoms with Gasteiger partial charge in [-0.1, -0.05) is 36.2 Å². The first-order valence-electron chi connectivity index (χ1n) is 5.97. The fourth-order valence-electron chi connectivity index (χ4n) is 1.59. The molecule has 0 spiro atoms. The molecule has 1 aromatic carbocycles. The number of rotatable bonds is 6. The van der Waals surface area contributed by atoms with Crippen LogP contribution in [0, 0.1) is 0 Å². The van der Waals surface area contributed by atoms with Gasteiger partial charge in [-0.15, -0.1) is 0 Å². The summed E-state index contributed by atoms with van der Waals surface area (Å²) in [7, 11) is 0. The highest BCUT2D eigenvalue weighted by Crippen LogP contribution is 2.22. The van der Waals surface area contributed by atoms with Gasteiger partial charge in [0.25, 0.3) is 0 Å². The topological polar surface area (TPSA) is 41.1 Å². The molecule has 0 radical (unpaired) electrons. The highest BCUT2D eigenvalue weighted by molar-refractivity contribution is 6.42. The van der Waals surface area contributed by atoms with E-state index in [0.717, 1.165) is 12.1 Å². The van der Waals surface area contributed by atoms with Crippen molar-refractivity contribution in [2.24, 2.45) is 0 Å². The van der Waals surface area contributed by atoms with Crippen molar-refractivity contribution in [3.8, 4) is 0 Å². The summed E-state index contributed by atoms with van der Waals surface area (Å²) >= 11 is 11.7. The molecule has 100 valence electrons. The molecule has 18 heavy (non-hydrogen) atoms. The standard InChI is InChI=1S/C13H18Cl2N2O/c1-3-16-9(2)8-17-13(18)7-10-4-5-11(14)12(15)6-10/h4-6,9,16H,3,7-8H2,1-2H3,(H,17,18)/t9-/m1/s1. The van der Waals surface area contributed by atoms with Crippen LogP contribution in [0.15, 0.2) is 18.2 Å². The number of carbonyl (C=O) groups excluding carboxylic acids is 1. The van der Waals surface area contributed by atoms with Gasteiger partial charge >= 0.3 is 0 Å². The van der Waals surface area contributed by atoms with Gasteiger partial charge in [0, 0.05) is 12.6 Å². The lowest BCUT2D eigenvalue weighted by atomic mass is 10.1. The van der Waals surface area contributed by atoms with Crippen molar-refractivity contribution >= 4 is 29.1 Å². The maximum atomic E-state index is 11.7. The molecular weight excluding hydrogens is 271 g/mol. The van der Waals surface area contributed by atoms with Gasteiger partial charge in [-0.3, -0.25) is 4.79 Å². The average molecular weight is 289 g/mol. The van der Waals surface area contributed by atoms with Gasteiger partial charge in [-0.25, -0.2) is 0 Å². The van der Waals surface area contributed by atoms with Crippen LogP contribution in [0.2, 0.25) is 10.0 Å². The Hall–Kier alpha value is -0.770. The molecule has 0 heterocycles. The van der Waals surface area contributed by atoms with Gasteiger partial charge in [0.15, 0.2) is 0 Å². The van der Waals surface area contributed by atoms with Crippen molar-refractivity contribution in [1.29, 1.82) is 0 Å². The monoisotopic (exact) mass is 288 g/mol. The summed E-state index contributed by atoms with van der Waals surface area (Å²) in [5.41, 5.74) is 0.859. The number of benzene rings is 1. The van der Waals surface area contributed by atoms with Crippen LogP contribution in [0.25, 0.3) is 0 Å². The smallest absolute Gasteiger partial charge is 0.224 e. The van der Waals surface area contributed by atoms with Gasteiger partial charge in [-0.2, -0.15) is 0 Å². The zero-order chi connectivity index (χ0) is 13.5. The second kappa shape index (κ2) is 7.62. The maximum Gasteiger partial charge on any atom is 0.224 e. The predicted molar refractivity (Wildman–Crippen MR) is 76.3 cm³/mol. The lowest BCUT2D eigenvalue weighted by molar-refractivity contribution is -0.120. The number of amides is 1. The van der Waals surface area contributed by atoms with Crippen molar-refractivity contribution in [2.45, 2.75) is 26.3 Å². The Bertz CT molecular complexity index is 410. The summed E-state index contributed by atoms with van der Waals surface area (Å²) in [4.78, 5) is 11.7. The molecule has 0 unspecified atom stereocenters. The van der Waals surface area contributed by atoms with Crippen molar-refractivity contribution in [2.75, 3.05) is 13.1 Å². The Kier molecular flexibility index (Phi) is 6.47. The minimum atomic E-state index is -0.0156. The van der Waals surface area contributed by atoms with Crippen LogP contribution in [-0.2, 0) is 11.2 Å². The normalized spacial score (nSPS) is 12.2. The van der Waals surface area contributed by atoms with E-state index in [-0.39, 0.29) is 11.9 Å². The van der Waals surface area contributed by atoms with E-state index in [4.69, 9.17) is 23.2 Å². The fraction of sp³-hybridized carbons (Fsp3) is 0.462. The zero-order valence-electron chi connectivity index (χ0n) is 10.6. The molecule has 0 aliphatic carbocycles. The average Bonchev–Trinajstić information content (AvgIpc) is 2.32. The van der Waals surface area contributed by atoms with Crippen LogP contribution in [0.5, 0.6) is 0 Å². The lowest BCUT2D eigenvalue weighted by Crippen LogP contribution is -2.39. The molecule has 0 saturated carbocycles. The molecule has 1 amide bonds. The molecule has 1 aromatic rings. The summed E-state index contributed by atoms with van der Waals surface area (Å²) < 4.78 is 0. The summed E-state index contributed by atoms with van der Waals surface area (Å²) in [5, 5.41) is 7.08. The zero-order valence-corrected chi connectivity index (χ0v) is 12.1. The third-order valence-electron chi connectivity index (χ3n) is 2.51. The van der Waals surface area contributed by atoms with Crippen molar-refractivity contribution in [1.82, 2.24) is 10.6 Å². The molecule has 0 aliphatic rings. The highest BCUT2D eigenvalue weighted by Gasteiger charge is 2.07. The molecule has 3 nitrogen and oxygen atoms in total. The Labute approximate surface area is 118 Å². The van der Waals surface area contributed by atoms with Crippen molar-refractivity contribution in [3.05, 3.63) is 33.8 Å². The fourth-order valence-corrected chi connectivity index (χ4v) is 1.91. The van der Waals surface area contributed by atoms with E-state index >= 15 is 0 Å². The highest BCUT2D eigenvalue weighted by atomic mass is 35.5. The van der Waals surface area contributed by atoms with Gasteiger partial charge in [0.05, 0.1) is 16.5 Å². The minimum Gasteiger partial charge on any atom is -0.354 e. The number of carbonyl (C=O) groups is 1. The molecular formula is C13H18Cl2N2O. The van der Waals surface area contributed by atoms with E-state index in [1.165, 1.54) is 0 Å². The summed E-state index contributed by atoms with van der Waals surface area (Å²) in [5.74, 6) is -0.0156. The van der Waals surface area contributed by atoms with Crippen LogP contribution in [-0.4, -0.2) is 25.0 Å². The number of halogens is 2. The van der Waals surface area contributed by atoms with Crippen LogP contribution < -0.4 is 10.6 Å². The minimum absolute atomic E-state index is 0.0156. The van der Waals surface area contributed by atoms with E-state index in [1.807, 2.05) is 19.9 Å². The van der Waals surface area contributed by atoms with Crippen LogP contribution in [0.3, 0.4) is 0 Å². The van der Waals surface area contributed by atoms with Gasteiger partial charge in [-0.05, 0) is 31.2 Å². The molecule has 0 bridgehead atoms. The van der Waals surface area contributed by atoms with Gasteiger partial charge in [0.2, 0.25) is 5.91 Å². The summed E-state index contributed by atoms with van der Waals surface area (Å²) in [6.45, 7) is 5.58. The maximum absolute atomic E-state index is 11.7.